The zero-order valence-corrected chi connectivity index (χ0v) is 19.3. The molecule has 4 heterocycles. The number of likely N-dealkylation sites (tertiary alicyclic amines) is 1. The van der Waals surface area contributed by atoms with Gasteiger partial charge in [0.1, 0.15) is 29.0 Å². The number of aryl methyl sites for hydroxylation is 1. The number of aliphatic carboxylic acids is 1. The fraction of sp³-hybridized carbons (Fsp3) is 0.300. The maximum absolute atomic E-state index is 13.0. The van der Waals surface area contributed by atoms with Crippen LogP contribution in [0.25, 0.3) is 0 Å². The number of carbonyl (C=O) groups is 4. The zero-order chi connectivity index (χ0) is 24.1. The van der Waals surface area contributed by atoms with Gasteiger partial charge in [0.15, 0.2) is 10.0 Å². The van der Waals surface area contributed by atoms with Crippen LogP contribution in [0, 0.1) is 6.92 Å². The maximum atomic E-state index is 13.0. The number of hydrogen-bond acceptors (Lipinski definition) is 9. The standard InChI is InChI=1S/C20H18N6O6S2.Na.H/c1-8-23-24-20(34-8)33-7-12-14(18(29)30)26-13-11(32-12)6-25(15(13)17(26)28)19(31)22-10-4-2-9(3-5-10)16(21)27;;/h2-5,11,13,15H,6-7H2,1H3,(H2,21,27)(H,22,31)(H,29,30);;/t11-,13-,15+;;/m1../s1. The van der Waals surface area contributed by atoms with Crippen molar-refractivity contribution in [3.8, 4) is 0 Å². The van der Waals surface area contributed by atoms with Gasteiger partial charge in [-0.1, -0.05) is 23.1 Å². The van der Waals surface area contributed by atoms with Gasteiger partial charge < -0.3 is 25.8 Å². The predicted molar refractivity (Wildman–Crippen MR) is 127 cm³/mol. The van der Waals surface area contributed by atoms with Gasteiger partial charge in [-0.2, -0.15) is 0 Å². The van der Waals surface area contributed by atoms with Gasteiger partial charge >= 0.3 is 41.6 Å². The number of nitrogens with two attached hydrogens (primary N) is 1. The molecule has 4 N–H and O–H groups in total. The van der Waals surface area contributed by atoms with Crippen molar-refractivity contribution in [1.29, 1.82) is 0 Å². The van der Waals surface area contributed by atoms with Crippen molar-refractivity contribution in [2.24, 2.45) is 5.73 Å². The van der Waals surface area contributed by atoms with E-state index in [0.717, 1.165) is 5.01 Å². The Morgan fingerprint density at radius 3 is 2.60 bits per heavy atom. The van der Waals surface area contributed by atoms with Gasteiger partial charge in [-0.05, 0) is 31.2 Å². The molecule has 4 amide bonds. The van der Waals surface area contributed by atoms with Gasteiger partial charge in [0.05, 0.1) is 12.3 Å². The molecule has 3 atom stereocenters. The predicted octanol–water partition coefficient (Wildman–Crippen LogP) is 0.211. The Morgan fingerprint density at radius 1 is 1.29 bits per heavy atom. The minimum atomic E-state index is -1.27. The van der Waals surface area contributed by atoms with Crippen LogP contribution in [0.5, 0.6) is 0 Å². The van der Waals surface area contributed by atoms with E-state index in [1.807, 2.05) is 6.92 Å². The molecule has 178 valence electrons. The molecule has 0 aliphatic carbocycles. The van der Waals surface area contributed by atoms with Crippen LogP contribution in [0.1, 0.15) is 15.4 Å². The van der Waals surface area contributed by atoms with Gasteiger partial charge in [0.25, 0.3) is 5.91 Å². The molecule has 3 aliphatic rings. The Hall–Kier alpha value is -2.65. The monoisotopic (exact) mass is 526 g/mol. The van der Waals surface area contributed by atoms with Crippen molar-refractivity contribution in [3.63, 3.8) is 0 Å². The number of carboxylic acids is 1. The number of thioether (sulfide) groups is 1. The summed E-state index contributed by atoms with van der Waals surface area (Å²) in [6.45, 7) is 1.93. The Labute approximate surface area is 229 Å². The number of amides is 4. The van der Waals surface area contributed by atoms with E-state index in [-0.39, 0.29) is 53.3 Å². The summed E-state index contributed by atoms with van der Waals surface area (Å²) in [5.74, 6) is -2.02. The molecule has 2 saturated heterocycles. The molecule has 0 bridgehead atoms. The van der Waals surface area contributed by atoms with E-state index in [0.29, 0.717) is 15.6 Å². The third kappa shape index (κ3) is 4.51. The van der Waals surface area contributed by atoms with E-state index in [4.69, 9.17) is 10.5 Å². The fourth-order valence-corrected chi connectivity index (χ4v) is 6.00. The quantitative estimate of drug-likeness (QED) is 0.271. The number of urea groups is 1. The third-order valence-corrected chi connectivity index (χ3v) is 7.69. The fourth-order valence-electron chi connectivity index (χ4n) is 4.25. The summed E-state index contributed by atoms with van der Waals surface area (Å²) in [5, 5.41) is 21.2. The molecule has 0 unspecified atom stereocenters. The first-order valence-corrected chi connectivity index (χ1v) is 11.9. The summed E-state index contributed by atoms with van der Waals surface area (Å²) >= 11 is 2.64. The second-order valence-corrected chi connectivity index (χ2v) is 10.2. The molecule has 0 saturated carbocycles. The Kier molecular flexibility index (Phi) is 7.11. The van der Waals surface area contributed by atoms with Crippen molar-refractivity contribution < 1.29 is 29.0 Å². The number of primary amides is 1. The number of benzene rings is 1. The molecular formula is C20H19N6NaO6S2. The minimum absolute atomic E-state index is 0. The van der Waals surface area contributed by atoms with Crippen LogP contribution in [0.15, 0.2) is 40.1 Å². The first kappa shape index (κ1) is 25.4. The van der Waals surface area contributed by atoms with Crippen LogP contribution in [0.4, 0.5) is 10.5 Å². The summed E-state index contributed by atoms with van der Waals surface area (Å²) in [6.07, 6.45) is -0.555. The van der Waals surface area contributed by atoms with Crippen molar-refractivity contribution in [2.45, 2.75) is 29.5 Å². The summed E-state index contributed by atoms with van der Waals surface area (Å²) in [4.78, 5) is 51.6. The molecule has 5 rings (SSSR count). The van der Waals surface area contributed by atoms with Crippen molar-refractivity contribution in [3.05, 3.63) is 46.3 Å². The van der Waals surface area contributed by atoms with Crippen LogP contribution in [0.3, 0.4) is 0 Å². The molecule has 1 aromatic heterocycles. The molecular weight excluding hydrogens is 507 g/mol. The molecule has 3 aliphatic heterocycles. The normalized spacial score (nSPS) is 22.1. The van der Waals surface area contributed by atoms with Crippen LogP contribution in [-0.2, 0) is 14.3 Å². The number of nitrogens with one attached hydrogen (secondary N) is 1. The second kappa shape index (κ2) is 9.78. The molecule has 2 aromatic rings. The Morgan fingerprint density at radius 2 is 2.00 bits per heavy atom. The summed E-state index contributed by atoms with van der Waals surface area (Å²) in [7, 11) is 0. The number of anilines is 1. The number of ether oxygens (including phenoxy) is 1. The zero-order valence-electron chi connectivity index (χ0n) is 17.6. The Balaban J connectivity index is 0.00000289. The molecule has 1 aromatic carbocycles. The van der Waals surface area contributed by atoms with E-state index >= 15 is 0 Å². The van der Waals surface area contributed by atoms with Gasteiger partial charge in [-0.3, -0.25) is 14.5 Å². The van der Waals surface area contributed by atoms with Crippen LogP contribution < -0.4 is 11.1 Å². The van der Waals surface area contributed by atoms with E-state index in [9.17, 15) is 24.3 Å². The third-order valence-electron chi connectivity index (χ3n) is 5.72. The first-order valence-electron chi connectivity index (χ1n) is 10.1. The number of carboxylic acid groups (broad SMARTS) is 1. The number of hydrogen-bond donors (Lipinski definition) is 3. The SMILES string of the molecule is Cc1nnc(SCC2=C(C(=O)O)N3C(=O)[C@@H]4[C@H]3[C@@H](CN4C(=O)Nc3ccc(C(N)=O)cc3)O2)s1.[NaH]. The molecule has 12 nitrogen and oxygen atoms in total. The van der Waals surface area contributed by atoms with Crippen LogP contribution in [-0.4, -0.2) is 109 Å². The molecule has 35 heavy (non-hydrogen) atoms. The summed E-state index contributed by atoms with van der Waals surface area (Å²) < 4.78 is 6.66. The summed E-state index contributed by atoms with van der Waals surface area (Å²) in [5.41, 5.74) is 5.73. The second-order valence-electron chi connectivity index (χ2n) is 7.78. The number of nitrogens with zero attached hydrogens (tertiary/aromatic N) is 4. The van der Waals surface area contributed by atoms with E-state index in [1.54, 1.807) is 0 Å². The molecule has 0 spiro atoms. The van der Waals surface area contributed by atoms with E-state index in [1.165, 1.54) is 57.2 Å². The van der Waals surface area contributed by atoms with E-state index in [2.05, 4.69) is 15.5 Å². The van der Waals surface area contributed by atoms with Crippen LogP contribution in [0.2, 0.25) is 0 Å². The number of rotatable bonds is 6. The molecule has 0 radical (unpaired) electrons. The van der Waals surface area contributed by atoms with Gasteiger partial charge in [-0.15, -0.1) is 10.2 Å². The number of aromatic nitrogens is 2. The van der Waals surface area contributed by atoms with Crippen molar-refractivity contribution >= 4 is 82.2 Å². The van der Waals surface area contributed by atoms with E-state index < -0.39 is 42.0 Å². The summed E-state index contributed by atoms with van der Waals surface area (Å²) in [6, 6.07) is 4.10. The average Bonchev–Trinajstić information content (AvgIpc) is 3.38. The average molecular weight is 527 g/mol. The van der Waals surface area contributed by atoms with Crippen LogP contribution >= 0.6 is 23.1 Å². The van der Waals surface area contributed by atoms with Gasteiger partial charge in [0.2, 0.25) is 5.91 Å². The first-order chi connectivity index (χ1) is 16.2. The van der Waals surface area contributed by atoms with Crippen molar-refractivity contribution in [2.75, 3.05) is 17.6 Å². The van der Waals surface area contributed by atoms with Crippen molar-refractivity contribution in [1.82, 2.24) is 20.0 Å². The topological polar surface area (TPSA) is 168 Å². The van der Waals surface area contributed by atoms with Gasteiger partial charge in [-0.25, -0.2) is 9.59 Å². The number of carbonyl (C=O) groups excluding carboxylic acids is 3. The number of β-lactam (4-membered cyclic amide) rings is 1. The molecule has 15 heteroatoms. The Bertz CT molecular complexity index is 1250. The molecule has 2 fully saturated rings. The van der Waals surface area contributed by atoms with Gasteiger partial charge in [0, 0.05) is 11.3 Å².